The topological polar surface area (TPSA) is 49.9 Å². The van der Waals surface area contributed by atoms with Crippen molar-refractivity contribution in [3.05, 3.63) is 41.7 Å². The van der Waals surface area contributed by atoms with Gasteiger partial charge in [0.05, 0.1) is 11.4 Å². The van der Waals surface area contributed by atoms with Gasteiger partial charge in [0, 0.05) is 5.56 Å². The van der Waals surface area contributed by atoms with Crippen molar-refractivity contribution in [3.8, 4) is 0 Å². The van der Waals surface area contributed by atoms with Gasteiger partial charge in [-0.1, -0.05) is 18.7 Å². The highest BCUT2D eigenvalue weighted by molar-refractivity contribution is 6.12. The molecule has 3 N–H and O–H groups in total. The number of hydrogen-bond acceptors (Lipinski definition) is 2. The van der Waals surface area contributed by atoms with Gasteiger partial charge in [0.1, 0.15) is 5.82 Å². The van der Waals surface area contributed by atoms with E-state index in [0.29, 0.717) is 11.1 Å². The van der Waals surface area contributed by atoms with Gasteiger partial charge in [-0.05, 0) is 18.6 Å². The second-order valence-electron chi connectivity index (χ2n) is 2.86. The average Bonchev–Trinajstić information content (AvgIpc) is 2.08. The van der Waals surface area contributed by atoms with Gasteiger partial charge in [0.2, 0.25) is 0 Å². The first-order valence-corrected chi connectivity index (χ1v) is 3.83. The summed E-state index contributed by atoms with van der Waals surface area (Å²) in [5.41, 5.74) is 6.61. The van der Waals surface area contributed by atoms with Crippen LogP contribution in [0.25, 0.3) is 0 Å². The van der Waals surface area contributed by atoms with Gasteiger partial charge in [-0.3, -0.25) is 5.41 Å². The predicted octanol–water partition coefficient (Wildman–Crippen LogP) is 2.35. The smallest absolute Gasteiger partial charge is 0.146 e. The van der Waals surface area contributed by atoms with Crippen molar-refractivity contribution in [1.82, 2.24) is 0 Å². The van der Waals surface area contributed by atoms with Gasteiger partial charge in [-0.2, -0.15) is 0 Å². The van der Waals surface area contributed by atoms with Gasteiger partial charge in [-0.25, -0.2) is 4.39 Å². The van der Waals surface area contributed by atoms with Crippen LogP contribution in [0.2, 0.25) is 0 Å². The minimum absolute atomic E-state index is 0.00972. The lowest BCUT2D eigenvalue weighted by atomic mass is 10.0. The van der Waals surface area contributed by atoms with Crippen molar-refractivity contribution < 1.29 is 4.39 Å². The number of para-hydroxylation sites is 1. The maximum absolute atomic E-state index is 13.0. The van der Waals surface area contributed by atoms with E-state index < -0.39 is 5.82 Å². The molecule has 0 aliphatic rings. The summed E-state index contributed by atoms with van der Waals surface area (Å²) in [5, 5.41) is 7.58. The highest BCUT2D eigenvalue weighted by Gasteiger charge is 2.08. The molecule has 2 nitrogen and oxygen atoms in total. The molecular formula is C10H11FN2. The van der Waals surface area contributed by atoms with E-state index >= 15 is 0 Å². The van der Waals surface area contributed by atoms with Gasteiger partial charge in [0.25, 0.3) is 0 Å². The van der Waals surface area contributed by atoms with Crippen LogP contribution in [0, 0.1) is 11.2 Å². The summed E-state index contributed by atoms with van der Waals surface area (Å²) in [4.78, 5) is 0. The Labute approximate surface area is 76.4 Å². The monoisotopic (exact) mass is 178 g/mol. The number of hydrogen-bond donors (Lipinski definition) is 2. The number of nitrogen functional groups attached to an aromatic ring is 1. The van der Waals surface area contributed by atoms with Crippen LogP contribution >= 0.6 is 0 Å². The standard InChI is InChI=1S/C10H11FN2/c1-6(2)9(12)7-4-3-5-8(11)10(7)13/h3-5,12H,1,13H2,2H3. The van der Waals surface area contributed by atoms with Crippen LogP contribution in [0.4, 0.5) is 10.1 Å². The molecule has 0 heterocycles. The molecule has 0 fully saturated rings. The minimum Gasteiger partial charge on any atom is -0.396 e. The summed E-state index contributed by atoms with van der Waals surface area (Å²) in [6.07, 6.45) is 0. The highest BCUT2D eigenvalue weighted by atomic mass is 19.1. The van der Waals surface area contributed by atoms with Crippen molar-refractivity contribution in [2.24, 2.45) is 0 Å². The first-order valence-electron chi connectivity index (χ1n) is 3.83. The number of halogens is 1. The predicted molar refractivity (Wildman–Crippen MR) is 52.5 cm³/mol. The Bertz CT molecular complexity index is 369. The van der Waals surface area contributed by atoms with Crippen molar-refractivity contribution in [1.29, 1.82) is 5.41 Å². The first-order chi connectivity index (χ1) is 6.04. The number of allylic oxidation sites excluding steroid dienone is 1. The average molecular weight is 178 g/mol. The molecule has 0 bridgehead atoms. The van der Waals surface area contributed by atoms with Crippen molar-refractivity contribution in [2.75, 3.05) is 5.73 Å². The molecule has 0 aliphatic carbocycles. The number of rotatable bonds is 2. The van der Waals surface area contributed by atoms with E-state index in [2.05, 4.69) is 6.58 Å². The molecule has 13 heavy (non-hydrogen) atoms. The van der Waals surface area contributed by atoms with Crippen LogP contribution in [0.5, 0.6) is 0 Å². The third-order valence-corrected chi connectivity index (χ3v) is 1.75. The Hall–Kier alpha value is -1.64. The summed E-state index contributed by atoms with van der Waals surface area (Å²) in [5.74, 6) is -0.497. The van der Waals surface area contributed by atoms with E-state index in [4.69, 9.17) is 11.1 Å². The lowest BCUT2D eigenvalue weighted by Gasteiger charge is -2.06. The Morgan fingerprint density at radius 1 is 1.54 bits per heavy atom. The molecule has 0 aromatic heterocycles. The summed E-state index contributed by atoms with van der Waals surface area (Å²) >= 11 is 0. The Morgan fingerprint density at radius 3 is 2.69 bits per heavy atom. The molecule has 68 valence electrons. The zero-order valence-corrected chi connectivity index (χ0v) is 7.39. The van der Waals surface area contributed by atoms with Gasteiger partial charge in [0.15, 0.2) is 0 Å². The maximum atomic E-state index is 13.0. The van der Waals surface area contributed by atoms with Crippen LogP contribution in [-0.4, -0.2) is 5.71 Å². The lowest BCUT2D eigenvalue weighted by molar-refractivity contribution is 0.632. The molecule has 0 saturated heterocycles. The van der Waals surface area contributed by atoms with Crippen molar-refractivity contribution >= 4 is 11.4 Å². The fourth-order valence-corrected chi connectivity index (χ4v) is 0.985. The molecule has 0 radical (unpaired) electrons. The molecular weight excluding hydrogens is 167 g/mol. The van der Waals surface area contributed by atoms with Gasteiger partial charge >= 0.3 is 0 Å². The van der Waals surface area contributed by atoms with Crippen LogP contribution in [0.3, 0.4) is 0 Å². The van der Waals surface area contributed by atoms with E-state index in [1.165, 1.54) is 12.1 Å². The molecule has 0 saturated carbocycles. The third kappa shape index (κ3) is 1.75. The SMILES string of the molecule is C=C(C)C(=N)c1cccc(F)c1N. The zero-order chi connectivity index (χ0) is 10.0. The molecule has 0 unspecified atom stereocenters. The van der Waals surface area contributed by atoms with Crippen LogP contribution < -0.4 is 5.73 Å². The van der Waals surface area contributed by atoms with E-state index in [9.17, 15) is 4.39 Å². The van der Waals surface area contributed by atoms with Crippen LogP contribution in [0.15, 0.2) is 30.4 Å². The molecule has 1 aromatic carbocycles. The Kier molecular flexibility index (Phi) is 2.46. The van der Waals surface area contributed by atoms with Crippen molar-refractivity contribution in [3.63, 3.8) is 0 Å². The molecule has 0 amide bonds. The lowest BCUT2D eigenvalue weighted by Crippen LogP contribution is -2.05. The first kappa shape index (κ1) is 9.45. The molecule has 1 aromatic rings. The minimum atomic E-state index is -0.497. The summed E-state index contributed by atoms with van der Waals surface area (Å²) in [6.45, 7) is 5.29. The third-order valence-electron chi connectivity index (χ3n) is 1.75. The fraction of sp³-hybridized carbons (Fsp3) is 0.100. The Balaban J connectivity index is 3.23. The van der Waals surface area contributed by atoms with E-state index in [-0.39, 0.29) is 11.4 Å². The maximum Gasteiger partial charge on any atom is 0.146 e. The second kappa shape index (κ2) is 3.39. The number of benzene rings is 1. The van der Waals surface area contributed by atoms with Gasteiger partial charge in [-0.15, -0.1) is 0 Å². The molecule has 1 rings (SSSR count). The van der Waals surface area contributed by atoms with E-state index in [1.807, 2.05) is 0 Å². The molecule has 0 atom stereocenters. The van der Waals surface area contributed by atoms with Crippen molar-refractivity contribution in [2.45, 2.75) is 6.92 Å². The second-order valence-corrected chi connectivity index (χ2v) is 2.86. The quantitative estimate of drug-likeness (QED) is 0.530. The molecule has 0 spiro atoms. The molecule has 3 heteroatoms. The normalized spacial score (nSPS) is 9.69. The Morgan fingerprint density at radius 2 is 2.15 bits per heavy atom. The summed E-state index contributed by atoms with van der Waals surface area (Å²) in [6, 6.07) is 4.40. The molecule has 0 aliphatic heterocycles. The van der Waals surface area contributed by atoms with E-state index in [0.717, 1.165) is 0 Å². The largest absolute Gasteiger partial charge is 0.396 e. The van der Waals surface area contributed by atoms with E-state index in [1.54, 1.807) is 13.0 Å². The summed E-state index contributed by atoms with van der Waals surface area (Å²) < 4.78 is 13.0. The van der Waals surface area contributed by atoms with Crippen LogP contribution in [0.1, 0.15) is 12.5 Å². The zero-order valence-electron chi connectivity index (χ0n) is 7.39. The summed E-state index contributed by atoms with van der Waals surface area (Å²) in [7, 11) is 0. The number of nitrogens with two attached hydrogens (primary N) is 1. The number of anilines is 1. The fourth-order valence-electron chi connectivity index (χ4n) is 0.985. The number of nitrogens with one attached hydrogen (secondary N) is 1. The van der Waals surface area contributed by atoms with Crippen LogP contribution in [-0.2, 0) is 0 Å². The van der Waals surface area contributed by atoms with Gasteiger partial charge < -0.3 is 5.73 Å². The highest BCUT2D eigenvalue weighted by Crippen LogP contribution is 2.18.